The zero-order valence-corrected chi connectivity index (χ0v) is 9.16. The van der Waals surface area contributed by atoms with Gasteiger partial charge in [0.2, 0.25) is 0 Å². The van der Waals surface area contributed by atoms with Gasteiger partial charge in [-0.1, -0.05) is 0 Å². The van der Waals surface area contributed by atoms with E-state index in [0.29, 0.717) is 6.04 Å². The molecule has 0 saturated carbocycles. The third kappa shape index (κ3) is 10.3. The van der Waals surface area contributed by atoms with Crippen LogP contribution in [0.3, 0.4) is 0 Å². The normalized spacial score (nSPS) is 14.8. The SMILES string of the molecule is CC(N)CCSCCC(C)(C)O. The zero-order valence-electron chi connectivity index (χ0n) is 8.34. The van der Waals surface area contributed by atoms with E-state index in [1.54, 1.807) is 0 Å². The third-order valence-electron chi connectivity index (χ3n) is 1.58. The molecule has 0 radical (unpaired) electrons. The highest BCUT2D eigenvalue weighted by molar-refractivity contribution is 7.99. The molecule has 0 aliphatic rings. The van der Waals surface area contributed by atoms with E-state index in [4.69, 9.17) is 5.73 Å². The van der Waals surface area contributed by atoms with Crippen LogP contribution >= 0.6 is 11.8 Å². The fraction of sp³-hybridized carbons (Fsp3) is 1.00. The summed E-state index contributed by atoms with van der Waals surface area (Å²) in [5, 5.41) is 9.39. The molecule has 0 fully saturated rings. The van der Waals surface area contributed by atoms with Gasteiger partial charge < -0.3 is 10.8 Å². The summed E-state index contributed by atoms with van der Waals surface area (Å²) >= 11 is 1.87. The summed E-state index contributed by atoms with van der Waals surface area (Å²) in [6.45, 7) is 5.72. The highest BCUT2D eigenvalue weighted by atomic mass is 32.2. The van der Waals surface area contributed by atoms with Gasteiger partial charge in [0.1, 0.15) is 0 Å². The van der Waals surface area contributed by atoms with Crippen LogP contribution in [0.15, 0.2) is 0 Å². The molecule has 0 spiro atoms. The Labute approximate surface area is 79.9 Å². The lowest BCUT2D eigenvalue weighted by Gasteiger charge is -2.16. The van der Waals surface area contributed by atoms with Gasteiger partial charge in [0.05, 0.1) is 5.60 Å². The minimum Gasteiger partial charge on any atom is -0.390 e. The lowest BCUT2D eigenvalue weighted by molar-refractivity contribution is 0.0778. The molecule has 0 aromatic carbocycles. The van der Waals surface area contributed by atoms with Crippen LogP contribution in [0.4, 0.5) is 0 Å². The number of thioether (sulfide) groups is 1. The van der Waals surface area contributed by atoms with Crippen molar-refractivity contribution < 1.29 is 5.11 Å². The van der Waals surface area contributed by atoms with E-state index in [1.165, 1.54) is 0 Å². The lowest BCUT2D eigenvalue weighted by atomic mass is 10.1. The van der Waals surface area contributed by atoms with Crippen LogP contribution in [0, 0.1) is 0 Å². The van der Waals surface area contributed by atoms with Crippen LogP contribution in [0.2, 0.25) is 0 Å². The van der Waals surface area contributed by atoms with Crippen LogP contribution in [0.5, 0.6) is 0 Å². The minimum absolute atomic E-state index is 0.305. The predicted molar refractivity (Wildman–Crippen MR) is 56.5 cm³/mol. The van der Waals surface area contributed by atoms with E-state index in [9.17, 15) is 5.11 Å². The molecule has 0 saturated heterocycles. The molecule has 0 rings (SSSR count). The number of hydrogen-bond donors (Lipinski definition) is 2. The van der Waals surface area contributed by atoms with Crippen molar-refractivity contribution in [3.63, 3.8) is 0 Å². The lowest BCUT2D eigenvalue weighted by Crippen LogP contribution is -2.19. The average molecular weight is 191 g/mol. The van der Waals surface area contributed by atoms with Gasteiger partial charge in [0, 0.05) is 6.04 Å². The summed E-state index contributed by atoms with van der Waals surface area (Å²) in [4.78, 5) is 0. The Bertz CT molecular complexity index is 110. The molecule has 1 atom stereocenters. The van der Waals surface area contributed by atoms with Crippen LogP contribution < -0.4 is 5.73 Å². The van der Waals surface area contributed by atoms with Gasteiger partial charge in [0.15, 0.2) is 0 Å². The maximum atomic E-state index is 9.39. The molecule has 12 heavy (non-hydrogen) atoms. The maximum absolute atomic E-state index is 9.39. The molecule has 0 aliphatic carbocycles. The smallest absolute Gasteiger partial charge is 0.0599 e. The minimum atomic E-state index is -0.513. The van der Waals surface area contributed by atoms with Crippen molar-refractivity contribution >= 4 is 11.8 Å². The van der Waals surface area contributed by atoms with E-state index in [1.807, 2.05) is 32.5 Å². The van der Waals surface area contributed by atoms with Gasteiger partial charge in [0.25, 0.3) is 0 Å². The Balaban J connectivity index is 3.12. The summed E-state index contributed by atoms with van der Waals surface area (Å²) in [5.41, 5.74) is 5.09. The molecule has 2 nitrogen and oxygen atoms in total. The molecule has 0 aliphatic heterocycles. The Hall–Kier alpha value is 0.270. The summed E-state index contributed by atoms with van der Waals surface area (Å²) in [7, 11) is 0. The molecule has 74 valence electrons. The third-order valence-corrected chi connectivity index (χ3v) is 2.59. The highest BCUT2D eigenvalue weighted by Gasteiger charge is 2.11. The molecule has 0 bridgehead atoms. The van der Waals surface area contributed by atoms with Gasteiger partial charge in [-0.2, -0.15) is 11.8 Å². The van der Waals surface area contributed by atoms with Crippen LogP contribution in [0.1, 0.15) is 33.6 Å². The molecule has 0 aromatic heterocycles. The summed E-state index contributed by atoms with van der Waals surface area (Å²) in [6.07, 6.45) is 1.92. The zero-order chi connectivity index (χ0) is 9.61. The summed E-state index contributed by atoms with van der Waals surface area (Å²) < 4.78 is 0. The molecule has 0 heterocycles. The van der Waals surface area contributed by atoms with Crippen molar-refractivity contribution in [3.8, 4) is 0 Å². The first-order valence-electron chi connectivity index (χ1n) is 4.47. The van der Waals surface area contributed by atoms with Crippen molar-refractivity contribution in [2.75, 3.05) is 11.5 Å². The van der Waals surface area contributed by atoms with Crippen LogP contribution in [0.25, 0.3) is 0 Å². The van der Waals surface area contributed by atoms with Crippen molar-refractivity contribution in [1.82, 2.24) is 0 Å². The fourth-order valence-electron chi connectivity index (χ4n) is 0.693. The fourth-order valence-corrected chi connectivity index (χ4v) is 2.08. The van der Waals surface area contributed by atoms with Gasteiger partial charge in [-0.3, -0.25) is 0 Å². The predicted octanol–water partition coefficient (Wildman–Crippen LogP) is 1.62. The number of rotatable bonds is 6. The topological polar surface area (TPSA) is 46.2 Å². The Kier molecular flexibility index (Phi) is 5.97. The molecular weight excluding hydrogens is 170 g/mol. The first-order valence-corrected chi connectivity index (χ1v) is 5.63. The quantitative estimate of drug-likeness (QED) is 0.627. The van der Waals surface area contributed by atoms with E-state index < -0.39 is 5.60 Å². The second kappa shape index (κ2) is 5.84. The van der Waals surface area contributed by atoms with Crippen molar-refractivity contribution in [2.45, 2.75) is 45.3 Å². The van der Waals surface area contributed by atoms with Gasteiger partial charge in [-0.05, 0) is 45.1 Å². The van der Waals surface area contributed by atoms with Crippen molar-refractivity contribution in [2.24, 2.45) is 5.73 Å². The summed E-state index contributed by atoms with van der Waals surface area (Å²) in [6, 6.07) is 0.305. The number of aliphatic hydroxyl groups is 1. The number of nitrogens with two attached hydrogens (primary N) is 1. The van der Waals surface area contributed by atoms with E-state index in [-0.39, 0.29) is 0 Å². The Morgan fingerprint density at radius 3 is 2.42 bits per heavy atom. The van der Waals surface area contributed by atoms with Gasteiger partial charge in [-0.15, -0.1) is 0 Å². The number of hydrogen-bond acceptors (Lipinski definition) is 3. The van der Waals surface area contributed by atoms with Gasteiger partial charge in [-0.25, -0.2) is 0 Å². The molecular formula is C9H21NOS. The van der Waals surface area contributed by atoms with Crippen LogP contribution in [-0.2, 0) is 0 Å². The van der Waals surface area contributed by atoms with E-state index in [0.717, 1.165) is 24.3 Å². The van der Waals surface area contributed by atoms with E-state index in [2.05, 4.69) is 0 Å². The molecule has 0 amide bonds. The van der Waals surface area contributed by atoms with Crippen molar-refractivity contribution in [3.05, 3.63) is 0 Å². The Morgan fingerprint density at radius 2 is 2.00 bits per heavy atom. The molecule has 0 aromatic rings. The maximum Gasteiger partial charge on any atom is 0.0599 e. The van der Waals surface area contributed by atoms with E-state index >= 15 is 0 Å². The molecule has 1 unspecified atom stereocenters. The first-order chi connectivity index (χ1) is 5.42. The van der Waals surface area contributed by atoms with Gasteiger partial charge >= 0.3 is 0 Å². The summed E-state index contributed by atoms with van der Waals surface area (Å²) in [5.74, 6) is 2.13. The Morgan fingerprint density at radius 1 is 1.42 bits per heavy atom. The second-order valence-electron chi connectivity index (χ2n) is 3.94. The first kappa shape index (κ1) is 12.3. The average Bonchev–Trinajstić information content (AvgIpc) is 1.83. The second-order valence-corrected chi connectivity index (χ2v) is 5.17. The largest absolute Gasteiger partial charge is 0.390 e. The molecule has 3 N–H and O–H groups in total. The highest BCUT2D eigenvalue weighted by Crippen LogP contribution is 2.13. The standard InChI is InChI=1S/C9H21NOS/c1-8(10)4-6-12-7-5-9(2,3)11/h8,11H,4-7,10H2,1-3H3. The molecule has 3 heteroatoms. The van der Waals surface area contributed by atoms with Crippen molar-refractivity contribution in [1.29, 1.82) is 0 Å². The monoisotopic (exact) mass is 191 g/mol. The van der Waals surface area contributed by atoms with Crippen LogP contribution in [-0.4, -0.2) is 28.3 Å².